The minimum atomic E-state index is -5.09. The molecule has 6 aromatic rings. The Kier molecular flexibility index (Phi) is 10.2. The number of sulfonamides is 1. The molecule has 0 unspecified atom stereocenters. The Morgan fingerprint density at radius 3 is 2.39 bits per heavy atom. The number of aliphatic hydroxyl groups is 1. The summed E-state index contributed by atoms with van der Waals surface area (Å²) in [5, 5.41) is 21.0. The van der Waals surface area contributed by atoms with Crippen LogP contribution >= 0.6 is 0 Å². The minimum absolute atomic E-state index is 0.000863. The van der Waals surface area contributed by atoms with E-state index in [0.29, 0.717) is 27.2 Å². The number of halogens is 7. The smallest absolute Gasteiger partial charge is 0.378 e. The lowest BCUT2D eigenvalue weighted by atomic mass is 9.73. The van der Waals surface area contributed by atoms with E-state index in [-0.39, 0.29) is 46.2 Å². The molecule has 2 aliphatic rings. The van der Waals surface area contributed by atoms with E-state index in [9.17, 15) is 40.3 Å². The Morgan fingerprint density at radius 1 is 1.03 bits per heavy atom. The van der Waals surface area contributed by atoms with Gasteiger partial charge in [0.05, 0.1) is 23.6 Å². The molecule has 13 nitrogen and oxygen atoms in total. The van der Waals surface area contributed by atoms with Crippen LogP contribution in [0.3, 0.4) is 0 Å². The third kappa shape index (κ3) is 7.88. The van der Waals surface area contributed by atoms with Crippen LogP contribution < -0.4 is 10.0 Å². The molecular formula is C41H36F7N9O4S. The zero-order valence-corrected chi connectivity index (χ0v) is 34.0. The molecule has 1 fully saturated rings. The molecule has 62 heavy (non-hydrogen) atoms. The van der Waals surface area contributed by atoms with E-state index in [4.69, 9.17) is 4.98 Å². The molecule has 0 bridgehead atoms. The average Bonchev–Trinajstić information content (AvgIpc) is 3.87. The van der Waals surface area contributed by atoms with Crippen molar-refractivity contribution < 1.29 is 49.1 Å². The van der Waals surface area contributed by atoms with Crippen molar-refractivity contribution in [2.45, 2.75) is 74.3 Å². The molecule has 1 amide bonds. The Hall–Kier alpha value is -6.27. The summed E-state index contributed by atoms with van der Waals surface area (Å²) in [6.07, 6.45) is -2.80. The number of carbonyl (C=O) groups excluding carboxylic acids is 1. The highest BCUT2D eigenvalue weighted by atomic mass is 32.2. The Bertz CT molecular complexity index is 2940. The molecule has 4 heterocycles. The van der Waals surface area contributed by atoms with Gasteiger partial charge in [0.15, 0.2) is 16.5 Å². The summed E-state index contributed by atoms with van der Waals surface area (Å²) in [6.45, 7) is 1.75. The van der Waals surface area contributed by atoms with Crippen molar-refractivity contribution in [1.82, 2.24) is 39.4 Å². The molecule has 0 spiro atoms. The van der Waals surface area contributed by atoms with Crippen molar-refractivity contribution in [2.75, 3.05) is 4.72 Å². The molecule has 0 aliphatic heterocycles. The first-order chi connectivity index (χ1) is 29.0. The summed E-state index contributed by atoms with van der Waals surface area (Å²) in [6, 6.07) is 9.06. The van der Waals surface area contributed by atoms with E-state index in [1.807, 2.05) is 0 Å². The monoisotopic (exact) mass is 883 g/mol. The fourth-order valence-corrected chi connectivity index (χ4v) is 9.11. The van der Waals surface area contributed by atoms with Crippen LogP contribution in [0.15, 0.2) is 66.1 Å². The maximum Gasteiger partial charge on any atom is 0.435 e. The number of hydrogen-bond donors (Lipinski definition) is 3. The van der Waals surface area contributed by atoms with E-state index in [1.54, 1.807) is 31.3 Å². The number of alkyl halides is 5. The molecule has 21 heteroatoms. The maximum atomic E-state index is 15.7. The Morgan fingerprint density at radius 2 is 1.76 bits per heavy atom. The largest absolute Gasteiger partial charge is 0.435 e. The number of benzene rings is 2. The predicted molar refractivity (Wildman–Crippen MR) is 209 cm³/mol. The van der Waals surface area contributed by atoms with Crippen molar-refractivity contribution in [1.29, 1.82) is 0 Å². The summed E-state index contributed by atoms with van der Waals surface area (Å²) in [5.41, 5.74) is -3.63. The van der Waals surface area contributed by atoms with Crippen LogP contribution in [0.4, 0.5) is 36.6 Å². The number of pyridine rings is 1. The van der Waals surface area contributed by atoms with Crippen molar-refractivity contribution in [3.63, 3.8) is 0 Å². The van der Waals surface area contributed by atoms with Gasteiger partial charge in [0.25, 0.3) is 15.9 Å². The summed E-state index contributed by atoms with van der Waals surface area (Å²) in [7, 11) is -1.10. The van der Waals surface area contributed by atoms with Gasteiger partial charge >= 0.3 is 6.18 Å². The average molecular weight is 884 g/mol. The number of nitrogens with zero attached hydrogens (tertiary/aromatic N) is 7. The van der Waals surface area contributed by atoms with Gasteiger partial charge in [0.1, 0.15) is 35.2 Å². The molecule has 4 aromatic heterocycles. The van der Waals surface area contributed by atoms with Gasteiger partial charge in [-0.1, -0.05) is 18.1 Å². The van der Waals surface area contributed by atoms with Crippen LogP contribution in [-0.2, 0) is 54.0 Å². The van der Waals surface area contributed by atoms with Crippen LogP contribution in [0.25, 0.3) is 22.0 Å². The second-order valence-electron chi connectivity index (χ2n) is 15.9. The van der Waals surface area contributed by atoms with Crippen LogP contribution in [0.5, 0.6) is 0 Å². The highest BCUT2D eigenvalue weighted by Crippen LogP contribution is 2.64. The first-order valence-corrected chi connectivity index (χ1v) is 20.5. The molecule has 1 saturated carbocycles. The van der Waals surface area contributed by atoms with E-state index in [2.05, 4.69) is 37.1 Å². The number of para-hydroxylation sites is 1. The number of aromatic nitrogens is 7. The number of carbonyl (C=O) groups is 1. The zero-order valence-electron chi connectivity index (χ0n) is 33.2. The SMILES string of the molecule is Cn1cnc(S(=O)(=O)Nc2nn(C)c3c(-c4ccc(C#CC(C)(C)O)nc4[C@H](Cc4cc(F)cc(F)c4)NC(=O)Cn4nc(C(F)(F)F)c5c4C(F)(F)[C@@H]4CC[C@H]54)cccc23)c1. The molecule has 3 N–H and O–H groups in total. The normalized spacial score (nSPS) is 17.5. The first kappa shape index (κ1) is 42.4. The lowest BCUT2D eigenvalue weighted by Gasteiger charge is -2.34. The molecule has 0 saturated heterocycles. The van der Waals surface area contributed by atoms with Gasteiger partial charge in [-0.05, 0) is 80.8 Å². The number of amides is 1. The first-order valence-electron chi connectivity index (χ1n) is 19.0. The molecular weight excluding hydrogens is 848 g/mol. The number of imidazole rings is 1. The lowest BCUT2D eigenvalue weighted by molar-refractivity contribution is -0.144. The molecule has 2 aliphatic carbocycles. The second kappa shape index (κ2) is 15.0. The van der Waals surface area contributed by atoms with E-state index < -0.39 is 93.1 Å². The van der Waals surface area contributed by atoms with Gasteiger partial charge in [-0.3, -0.25) is 18.9 Å². The number of rotatable bonds is 10. The number of fused-ring (bicyclic) bond motifs is 4. The quantitative estimate of drug-likeness (QED) is 0.104. The molecule has 0 radical (unpaired) electrons. The molecule has 324 valence electrons. The fourth-order valence-electron chi connectivity index (χ4n) is 8.11. The summed E-state index contributed by atoms with van der Waals surface area (Å²) < 4.78 is 136. The van der Waals surface area contributed by atoms with Crippen molar-refractivity contribution in [2.24, 2.45) is 20.0 Å². The van der Waals surface area contributed by atoms with E-state index >= 15 is 8.78 Å². The Labute approximate surface area is 349 Å². The van der Waals surface area contributed by atoms with Gasteiger partial charge in [-0.25, -0.2) is 18.7 Å². The third-order valence-corrected chi connectivity index (χ3v) is 12.0. The van der Waals surface area contributed by atoms with Gasteiger partial charge in [-0.2, -0.15) is 40.6 Å². The summed E-state index contributed by atoms with van der Waals surface area (Å²) in [4.78, 5) is 22.7. The van der Waals surface area contributed by atoms with E-state index in [1.165, 1.54) is 48.7 Å². The highest BCUT2D eigenvalue weighted by molar-refractivity contribution is 7.92. The van der Waals surface area contributed by atoms with Gasteiger partial charge in [-0.15, -0.1) is 0 Å². The minimum Gasteiger partial charge on any atom is -0.378 e. The molecule has 2 aromatic carbocycles. The topological polar surface area (TPSA) is 162 Å². The van der Waals surface area contributed by atoms with Gasteiger partial charge < -0.3 is 15.0 Å². The number of hydrogen-bond acceptors (Lipinski definition) is 8. The van der Waals surface area contributed by atoms with Crippen molar-refractivity contribution >= 4 is 32.7 Å². The number of nitrogens with one attached hydrogen (secondary N) is 2. The van der Waals surface area contributed by atoms with Gasteiger partial charge in [0.2, 0.25) is 5.91 Å². The van der Waals surface area contributed by atoms with Crippen LogP contribution in [0.1, 0.15) is 72.6 Å². The van der Waals surface area contributed by atoms with Crippen LogP contribution in [0.2, 0.25) is 0 Å². The van der Waals surface area contributed by atoms with Gasteiger partial charge in [0, 0.05) is 54.4 Å². The number of aryl methyl sites for hydroxylation is 2. The standard InChI is InChI=1S/C41H36F7N9O4S/c1-39(2,59)13-12-24-8-9-25(26-6-5-7-28-35(26)56(4)53-38(28)54-62(60,61)32-19-55(3)20-49-32)34(50-24)30(16-21-14-22(42)17-23(43)15-21)51-31(58)18-57-37-33(36(52-57)41(46,47)48)27-10-11-29(27)40(37,44)45/h5-9,14-15,17,19-20,27,29-30,59H,10-11,16,18H2,1-4H3,(H,51,58)(H,53,54)/t27-,29+,30-/m0/s1. The lowest BCUT2D eigenvalue weighted by Crippen LogP contribution is -2.36. The molecule has 8 rings (SSSR count). The summed E-state index contributed by atoms with van der Waals surface area (Å²) in [5.74, 6) is -3.88. The van der Waals surface area contributed by atoms with Crippen molar-refractivity contribution in [3.8, 4) is 23.0 Å². The fraction of sp³-hybridized carbons (Fsp3) is 0.341. The maximum absolute atomic E-state index is 15.7. The van der Waals surface area contributed by atoms with E-state index in [0.717, 1.165) is 12.1 Å². The Balaban J connectivity index is 1.26. The molecule has 3 atom stereocenters. The number of anilines is 1. The van der Waals surface area contributed by atoms with Crippen molar-refractivity contribution in [3.05, 3.63) is 107 Å². The summed E-state index contributed by atoms with van der Waals surface area (Å²) >= 11 is 0. The second-order valence-corrected chi connectivity index (χ2v) is 17.5. The van der Waals surface area contributed by atoms with Crippen LogP contribution in [-0.4, -0.2) is 59.1 Å². The predicted octanol–water partition coefficient (Wildman–Crippen LogP) is 6.48. The van der Waals surface area contributed by atoms with Crippen LogP contribution in [0, 0.1) is 29.4 Å². The third-order valence-electron chi connectivity index (χ3n) is 10.8. The zero-order chi connectivity index (χ0) is 44.7. The highest BCUT2D eigenvalue weighted by Gasteiger charge is 2.63.